The van der Waals surface area contributed by atoms with Gasteiger partial charge in [-0.15, -0.1) is 0 Å². The van der Waals surface area contributed by atoms with Gasteiger partial charge in [-0.05, 0) is 24.3 Å². The van der Waals surface area contributed by atoms with Gasteiger partial charge in [0.2, 0.25) is 0 Å². The predicted molar refractivity (Wildman–Crippen MR) is 88.2 cm³/mol. The molecule has 0 spiro atoms. The second-order valence-corrected chi connectivity index (χ2v) is 5.68. The maximum absolute atomic E-state index is 9.49. The highest BCUT2D eigenvalue weighted by Crippen LogP contribution is 2.27. The third-order valence-electron chi connectivity index (χ3n) is 3.96. The number of para-hydroxylation sites is 1. The zero-order valence-electron chi connectivity index (χ0n) is 11.9. The Morgan fingerprint density at radius 1 is 0.905 bits per heavy atom. The summed E-state index contributed by atoms with van der Waals surface area (Å²) in [5.74, 6) is 0. The van der Waals surface area contributed by atoms with E-state index >= 15 is 0 Å². The third-order valence-corrected chi connectivity index (χ3v) is 4.19. The van der Waals surface area contributed by atoms with Gasteiger partial charge in [0.05, 0.1) is 6.61 Å². The van der Waals surface area contributed by atoms with E-state index in [2.05, 4.69) is 34.1 Å². The van der Waals surface area contributed by atoms with E-state index in [1.807, 2.05) is 24.3 Å². The number of hydrogen-bond acceptors (Lipinski definition) is 3. The lowest BCUT2D eigenvalue weighted by atomic mass is 10.1. The van der Waals surface area contributed by atoms with Gasteiger partial charge < -0.3 is 14.9 Å². The number of benzene rings is 2. The van der Waals surface area contributed by atoms with Crippen LogP contribution in [0.4, 0.5) is 11.4 Å². The van der Waals surface area contributed by atoms with Crippen molar-refractivity contribution in [2.24, 2.45) is 0 Å². The van der Waals surface area contributed by atoms with Gasteiger partial charge in [0.1, 0.15) is 0 Å². The van der Waals surface area contributed by atoms with E-state index in [0.717, 1.165) is 37.4 Å². The molecule has 4 heteroatoms. The topological polar surface area (TPSA) is 26.7 Å². The molecule has 3 rings (SSSR count). The third kappa shape index (κ3) is 3.14. The van der Waals surface area contributed by atoms with Gasteiger partial charge in [-0.2, -0.15) is 0 Å². The normalized spacial score (nSPS) is 15.3. The minimum Gasteiger partial charge on any atom is -0.392 e. The van der Waals surface area contributed by atoms with E-state index in [0.29, 0.717) is 5.02 Å². The van der Waals surface area contributed by atoms with Crippen LogP contribution in [0.3, 0.4) is 0 Å². The fourth-order valence-corrected chi connectivity index (χ4v) is 2.98. The van der Waals surface area contributed by atoms with Gasteiger partial charge >= 0.3 is 0 Å². The molecule has 0 unspecified atom stereocenters. The van der Waals surface area contributed by atoms with Crippen LogP contribution in [0.5, 0.6) is 0 Å². The molecule has 1 saturated heterocycles. The summed E-state index contributed by atoms with van der Waals surface area (Å²) in [5, 5.41) is 10.2. The van der Waals surface area contributed by atoms with E-state index in [9.17, 15) is 5.11 Å². The van der Waals surface area contributed by atoms with Gasteiger partial charge in [-0.3, -0.25) is 0 Å². The van der Waals surface area contributed by atoms with Crippen molar-refractivity contribution in [3.63, 3.8) is 0 Å². The van der Waals surface area contributed by atoms with Gasteiger partial charge in [0.15, 0.2) is 0 Å². The average molecular weight is 303 g/mol. The van der Waals surface area contributed by atoms with Crippen molar-refractivity contribution in [2.45, 2.75) is 6.61 Å². The second-order valence-electron chi connectivity index (χ2n) is 5.24. The summed E-state index contributed by atoms with van der Waals surface area (Å²) in [4.78, 5) is 4.69. The number of hydrogen-bond donors (Lipinski definition) is 1. The first-order valence-corrected chi connectivity index (χ1v) is 7.60. The molecule has 0 bridgehead atoms. The van der Waals surface area contributed by atoms with Crippen LogP contribution in [0.1, 0.15) is 5.56 Å². The van der Waals surface area contributed by atoms with Gasteiger partial charge in [0, 0.05) is 48.1 Å². The first kappa shape index (κ1) is 14.2. The van der Waals surface area contributed by atoms with Crippen LogP contribution in [0, 0.1) is 0 Å². The molecule has 0 radical (unpaired) electrons. The highest BCUT2D eigenvalue weighted by Gasteiger charge is 2.19. The summed E-state index contributed by atoms with van der Waals surface area (Å²) in [5.41, 5.74) is 3.26. The van der Waals surface area contributed by atoms with E-state index in [1.54, 1.807) is 0 Å². The van der Waals surface area contributed by atoms with E-state index in [4.69, 9.17) is 11.6 Å². The van der Waals surface area contributed by atoms with Crippen LogP contribution in [-0.2, 0) is 6.61 Å². The maximum atomic E-state index is 9.49. The average Bonchev–Trinajstić information content (AvgIpc) is 2.56. The lowest BCUT2D eigenvalue weighted by Crippen LogP contribution is -2.46. The predicted octanol–water partition coefficient (Wildman–Crippen LogP) is 3.16. The lowest BCUT2D eigenvalue weighted by molar-refractivity contribution is 0.282. The van der Waals surface area contributed by atoms with Crippen molar-refractivity contribution in [1.82, 2.24) is 0 Å². The Kier molecular flexibility index (Phi) is 4.32. The van der Waals surface area contributed by atoms with E-state index in [1.165, 1.54) is 5.69 Å². The highest BCUT2D eigenvalue weighted by atomic mass is 35.5. The minimum absolute atomic E-state index is 0.0470. The first-order chi connectivity index (χ1) is 10.3. The van der Waals surface area contributed by atoms with Crippen LogP contribution < -0.4 is 9.80 Å². The van der Waals surface area contributed by atoms with Crippen LogP contribution >= 0.6 is 11.6 Å². The van der Waals surface area contributed by atoms with E-state index in [-0.39, 0.29) is 6.61 Å². The SMILES string of the molecule is OCc1ccc(Cl)cc1N1CCN(c2ccccc2)CC1. The largest absolute Gasteiger partial charge is 0.392 e. The highest BCUT2D eigenvalue weighted by molar-refractivity contribution is 6.30. The standard InChI is InChI=1S/C17H19ClN2O/c18-15-7-6-14(13-21)17(12-15)20-10-8-19(9-11-20)16-4-2-1-3-5-16/h1-7,12,21H,8-11,13H2. The molecule has 1 heterocycles. The van der Waals surface area contributed by atoms with Crippen molar-refractivity contribution >= 4 is 23.0 Å². The molecule has 2 aromatic carbocycles. The Labute approximate surface area is 130 Å². The first-order valence-electron chi connectivity index (χ1n) is 7.22. The molecule has 1 aliphatic heterocycles. The molecular formula is C17H19ClN2O. The Bertz CT molecular complexity index is 595. The molecule has 1 fully saturated rings. The number of halogens is 1. The smallest absolute Gasteiger partial charge is 0.0702 e. The van der Waals surface area contributed by atoms with Crippen molar-refractivity contribution in [2.75, 3.05) is 36.0 Å². The number of piperazine rings is 1. The molecule has 0 saturated carbocycles. The van der Waals surface area contributed by atoms with Crippen molar-refractivity contribution in [3.05, 3.63) is 59.1 Å². The number of rotatable bonds is 3. The van der Waals surface area contributed by atoms with Crippen molar-refractivity contribution in [3.8, 4) is 0 Å². The van der Waals surface area contributed by atoms with Gasteiger partial charge in [-0.25, -0.2) is 0 Å². The van der Waals surface area contributed by atoms with E-state index < -0.39 is 0 Å². The molecule has 0 aliphatic carbocycles. The van der Waals surface area contributed by atoms with Gasteiger partial charge in [0.25, 0.3) is 0 Å². The molecule has 0 atom stereocenters. The zero-order valence-corrected chi connectivity index (χ0v) is 12.6. The number of aliphatic hydroxyl groups excluding tert-OH is 1. The fourth-order valence-electron chi connectivity index (χ4n) is 2.81. The maximum Gasteiger partial charge on any atom is 0.0702 e. The Hall–Kier alpha value is -1.71. The molecule has 3 nitrogen and oxygen atoms in total. The molecule has 2 aromatic rings. The summed E-state index contributed by atoms with van der Waals surface area (Å²) >= 11 is 6.10. The second kappa shape index (κ2) is 6.37. The van der Waals surface area contributed by atoms with Crippen LogP contribution in [0.2, 0.25) is 5.02 Å². The molecule has 0 amide bonds. The molecule has 21 heavy (non-hydrogen) atoms. The molecule has 1 N–H and O–H groups in total. The number of anilines is 2. The molecule has 1 aliphatic rings. The fraction of sp³-hybridized carbons (Fsp3) is 0.294. The minimum atomic E-state index is 0.0470. The van der Waals surface area contributed by atoms with Gasteiger partial charge in [-0.1, -0.05) is 35.9 Å². The van der Waals surface area contributed by atoms with Crippen LogP contribution in [-0.4, -0.2) is 31.3 Å². The Balaban J connectivity index is 1.73. The molecule has 0 aromatic heterocycles. The quantitative estimate of drug-likeness (QED) is 0.943. The number of aliphatic hydroxyl groups is 1. The molecular weight excluding hydrogens is 284 g/mol. The summed E-state index contributed by atoms with van der Waals surface area (Å²) < 4.78 is 0. The molecule has 110 valence electrons. The summed E-state index contributed by atoms with van der Waals surface area (Å²) in [6.07, 6.45) is 0. The summed E-state index contributed by atoms with van der Waals surface area (Å²) in [6, 6.07) is 16.2. The zero-order chi connectivity index (χ0) is 14.7. The van der Waals surface area contributed by atoms with Crippen molar-refractivity contribution < 1.29 is 5.11 Å². The van der Waals surface area contributed by atoms with Crippen LogP contribution in [0.15, 0.2) is 48.5 Å². The summed E-state index contributed by atoms with van der Waals surface area (Å²) in [6.45, 7) is 3.86. The lowest BCUT2D eigenvalue weighted by Gasteiger charge is -2.38. The monoisotopic (exact) mass is 302 g/mol. The Morgan fingerprint density at radius 3 is 2.24 bits per heavy atom. The Morgan fingerprint density at radius 2 is 1.57 bits per heavy atom. The van der Waals surface area contributed by atoms with Crippen LogP contribution in [0.25, 0.3) is 0 Å². The van der Waals surface area contributed by atoms with Crippen molar-refractivity contribution in [1.29, 1.82) is 0 Å². The summed E-state index contributed by atoms with van der Waals surface area (Å²) in [7, 11) is 0. The number of nitrogens with zero attached hydrogens (tertiary/aromatic N) is 2.